The summed E-state index contributed by atoms with van der Waals surface area (Å²) in [6.45, 7) is 5.86. The Labute approximate surface area is 698 Å². The van der Waals surface area contributed by atoms with E-state index >= 15 is 38.4 Å². The van der Waals surface area contributed by atoms with E-state index in [1.807, 2.05) is 45.0 Å². The van der Waals surface area contributed by atoms with E-state index in [-0.39, 0.29) is 112 Å². The zero-order valence-electron chi connectivity index (χ0n) is 66.7. The lowest BCUT2D eigenvalue weighted by Gasteiger charge is -2.39. The predicted octanol–water partition coefficient (Wildman–Crippen LogP) is 4.43. The van der Waals surface area contributed by atoms with Crippen LogP contribution in [0.3, 0.4) is 0 Å². The number of unbranched alkanes of at least 4 members (excludes halogenated alkanes) is 2. The van der Waals surface area contributed by atoms with Crippen LogP contribution in [0.25, 0.3) is 21.8 Å². The van der Waals surface area contributed by atoms with Crippen LogP contribution in [-0.2, 0) is 89.6 Å². The summed E-state index contributed by atoms with van der Waals surface area (Å²) >= 11 is 12.9. The number of primary amides is 2. The molecule has 6 heterocycles. The normalized spacial score (nSPS) is 16.8. The molecule has 0 spiro atoms. The lowest BCUT2D eigenvalue weighted by atomic mass is 9.83. The van der Waals surface area contributed by atoms with Crippen molar-refractivity contribution in [3.8, 4) is 0 Å². The highest BCUT2D eigenvalue weighted by Gasteiger charge is 2.57. The first-order valence-electron chi connectivity index (χ1n) is 40.2. The molecule has 630 valence electrons. The maximum atomic E-state index is 15.6. The van der Waals surface area contributed by atoms with Crippen LogP contribution >= 0.6 is 23.2 Å². The second kappa shape index (κ2) is 42.5. The number of amides is 12. The van der Waals surface area contributed by atoms with Gasteiger partial charge in [0.1, 0.15) is 54.4 Å². The molecule has 2 aliphatic rings. The Morgan fingerprint density at radius 3 is 1.65 bits per heavy atom. The maximum Gasteiger partial charge on any atom is 0.256 e. The molecule has 8 aromatic rings. The van der Waals surface area contributed by atoms with Crippen molar-refractivity contribution in [3.05, 3.63) is 202 Å². The number of hydrogen-bond acceptors (Lipinski definition) is 17. The van der Waals surface area contributed by atoms with Gasteiger partial charge in [-0.2, -0.15) is 0 Å². The number of carbonyl (C=O) groups excluding carboxylic acids is 13. The second-order valence-electron chi connectivity index (χ2n) is 30.7. The number of pyridine rings is 2. The van der Waals surface area contributed by atoms with Gasteiger partial charge < -0.3 is 85.2 Å². The molecule has 4 aromatic heterocycles. The summed E-state index contributed by atoms with van der Waals surface area (Å²) < 4.78 is 0. The monoisotopic (exact) mass is 1670 g/mol. The van der Waals surface area contributed by atoms with E-state index in [4.69, 9.17) is 46.1 Å². The van der Waals surface area contributed by atoms with E-state index < -0.39 is 149 Å². The molecule has 0 aliphatic carbocycles. The first-order valence-corrected chi connectivity index (χ1v) is 40.9. The van der Waals surface area contributed by atoms with E-state index in [0.717, 1.165) is 10.9 Å². The lowest BCUT2D eigenvalue weighted by molar-refractivity contribution is -0.147. The Kier molecular flexibility index (Phi) is 31.9. The average Bonchev–Trinajstić information content (AvgIpc) is 1.64. The molecule has 0 unspecified atom stereocenters. The summed E-state index contributed by atoms with van der Waals surface area (Å²) in [5.41, 5.74) is 25.8. The fraction of sp³-hybridized carbons (Fsp3) is 0.407. The van der Waals surface area contributed by atoms with Crippen LogP contribution in [0.4, 0.5) is 0 Å². The molecule has 11 atom stereocenters. The van der Waals surface area contributed by atoms with Gasteiger partial charge in [0.25, 0.3) is 11.8 Å². The molecule has 4 aromatic carbocycles. The zero-order valence-corrected chi connectivity index (χ0v) is 68.2. The molecular formula is C86H104Cl2N18O13. The van der Waals surface area contributed by atoms with Gasteiger partial charge in [-0.05, 0) is 134 Å². The number of fused-ring (bicyclic) bond motifs is 2. The number of benzene rings is 4. The minimum Gasteiger partial charge on any atom is -0.370 e. The summed E-state index contributed by atoms with van der Waals surface area (Å²) in [7, 11) is 0. The van der Waals surface area contributed by atoms with Crippen LogP contribution in [0.2, 0.25) is 10.0 Å². The van der Waals surface area contributed by atoms with Crippen LogP contribution < -0.4 is 65.5 Å². The van der Waals surface area contributed by atoms with Crippen molar-refractivity contribution < 1.29 is 62.3 Å². The number of ketones is 1. The standard InChI is InChI=1S/C86H104Cl2N18O13/c1-4-5-26-64(75(92)109)97-76(110)65(38-50(2)3)98-79(113)68(43-55-48-95-62-27-11-9-23-57(55)62)100-77(111)66(40-51-19-7-6-8-20-51)99-80(114)69(44-56-49-96-63-28-12-10-24-58(56)63)101-81(115)70(45-73(91)107)102-78(112)67(41-52-30-31-59(87)60(88)39-52)103-82(116)72-29-17-36-105(72)84(118)71(42-53-21-15-34-93-46-53)104-85(119)86(74(108)61(90)25-13-14-33-89)32-18-37-106(86)83(117)54-22-16-35-94-47-54/h6-12,15-16,19-24,27-28,30-31,34-35,39,46-50,61,64-72,95-96H,4-5,13-14,17-18,25-26,29,32-33,36-38,40-45,89-90H2,1-3H3,(H2,91,107)(H2,92,109)(H,97,110)(H,98,113)(H,99,114)(H,100,111)(H,101,115)(H,102,112)(H,103,116)(H,104,119)/t61-,64+,65+,66+,67-,68-,69-,70+,71+,72+,86-/m1/s1. The molecule has 12 amide bonds. The van der Waals surface area contributed by atoms with Gasteiger partial charge in [0.15, 0.2) is 11.3 Å². The molecule has 119 heavy (non-hydrogen) atoms. The molecule has 2 fully saturated rings. The summed E-state index contributed by atoms with van der Waals surface area (Å²) in [5, 5.41) is 23.8. The van der Waals surface area contributed by atoms with Crippen molar-refractivity contribution in [3.63, 3.8) is 0 Å². The smallest absolute Gasteiger partial charge is 0.256 e. The average molecular weight is 1670 g/mol. The fourth-order valence-corrected chi connectivity index (χ4v) is 15.7. The Morgan fingerprint density at radius 1 is 0.538 bits per heavy atom. The lowest BCUT2D eigenvalue weighted by Crippen LogP contribution is -2.68. The van der Waals surface area contributed by atoms with Gasteiger partial charge in [-0.3, -0.25) is 72.3 Å². The highest BCUT2D eigenvalue weighted by Crippen LogP contribution is 2.35. The molecule has 2 aliphatic heterocycles. The number of hydrogen-bond donors (Lipinski definition) is 14. The SMILES string of the molecule is CCCC[C@H](NC(=O)[C@H](CC(C)C)NC(=O)[C@@H](Cc1c[nH]c2ccccc12)NC(=O)[C@H](Cc1ccccc1)NC(=O)[C@@H](Cc1c[nH]c2ccccc12)NC(=O)[C@H](CC(N)=O)NC(=O)[C@@H](Cc1ccc(Cl)c(Cl)c1)NC(=O)[C@@H]1CCCN1C(=O)[C@H](Cc1cccnc1)NC(=O)[C@]1(C(=O)[C@H](N)CCCCN)CCCN1C(=O)c1cccnc1)C(N)=O. The van der Waals surface area contributed by atoms with Crippen molar-refractivity contribution in [2.75, 3.05) is 19.6 Å². The third kappa shape index (κ3) is 23.5. The quantitative estimate of drug-likeness (QED) is 0.0186. The highest BCUT2D eigenvalue weighted by atomic mass is 35.5. The highest BCUT2D eigenvalue weighted by molar-refractivity contribution is 6.42. The largest absolute Gasteiger partial charge is 0.370 e. The van der Waals surface area contributed by atoms with Gasteiger partial charge >= 0.3 is 0 Å². The number of para-hydroxylation sites is 2. The number of rotatable bonds is 42. The van der Waals surface area contributed by atoms with E-state index in [0.29, 0.717) is 70.9 Å². The van der Waals surface area contributed by atoms with Crippen LogP contribution in [0.15, 0.2) is 159 Å². The first kappa shape index (κ1) is 89.4. The number of aromatic amines is 2. The van der Waals surface area contributed by atoms with Crippen molar-refractivity contribution in [2.45, 2.75) is 196 Å². The number of carbonyl (C=O) groups is 13. The van der Waals surface area contributed by atoms with Crippen LogP contribution in [0.5, 0.6) is 0 Å². The number of halogens is 2. The molecule has 31 nitrogen and oxygen atoms in total. The first-order chi connectivity index (χ1) is 57.2. The topological polar surface area (TPSA) is 486 Å². The van der Waals surface area contributed by atoms with Gasteiger partial charge in [-0.25, -0.2) is 0 Å². The van der Waals surface area contributed by atoms with E-state index in [9.17, 15) is 24.0 Å². The van der Waals surface area contributed by atoms with Crippen LogP contribution in [0.1, 0.15) is 136 Å². The molecule has 0 saturated carbocycles. The number of nitrogens with one attached hydrogen (secondary N) is 10. The number of H-pyrrole nitrogens is 2. The minimum atomic E-state index is -2.21. The van der Waals surface area contributed by atoms with Gasteiger partial charge in [0.2, 0.25) is 59.1 Å². The fourth-order valence-electron chi connectivity index (χ4n) is 15.4. The summed E-state index contributed by atoms with van der Waals surface area (Å²) in [4.78, 5) is 210. The Hall–Kier alpha value is -11.9. The molecule has 2 saturated heterocycles. The van der Waals surface area contributed by atoms with Crippen molar-refractivity contribution >= 4 is 122 Å². The second-order valence-corrected chi connectivity index (χ2v) is 31.6. The third-order valence-electron chi connectivity index (χ3n) is 21.5. The molecule has 18 N–H and O–H groups in total. The number of Topliss-reactive ketones (excluding diaryl/α,β-unsaturated/α-hetero) is 1. The number of likely N-dealkylation sites (tertiary alicyclic amines) is 2. The molecule has 10 rings (SSSR count). The summed E-state index contributed by atoms with van der Waals surface area (Å²) in [6, 6.07) is 19.3. The van der Waals surface area contributed by atoms with Crippen molar-refractivity contribution in [2.24, 2.45) is 28.9 Å². The Bertz CT molecular complexity index is 4940. The van der Waals surface area contributed by atoms with Gasteiger partial charge in [0.05, 0.1) is 28.1 Å². The zero-order chi connectivity index (χ0) is 85.5. The van der Waals surface area contributed by atoms with Gasteiger partial charge in [-0.1, -0.05) is 142 Å². The molecular weight excluding hydrogens is 1560 g/mol. The van der Waals surface area contributed by atoms with Crippen LogP contribution in [-0.4, -0.2) is 192 Å². The summed E-state index contributed by atoms with van der Waals surface area (Å²) in [5.74, 6) is -11.5. The maximum absolute atomic E-state index is 15.6. The Morgan fingerprint density at radius 2 is 1.08 bits per heavy atom. The van der Waals surface area contributed by atoms with Crippen LogP contribution in [0, 0.1) is 5.92 Å². The number of aromatic nitrogens is 4. The van der Waals surface area contributed by atoms with E-state index in [2.05, 4.69) is 62.5 Å². The van der Waals surface area contributed by atoms with Gasteiger partial charge in [-0.15, -0.1) is 0 Å². The third-order valence-corrected chi connectivity index (χ3v) is 22.3. The molecule has 0 bridgehead atoms. The number of nitrogens with zero attached hydrogens (tertiary/aromatic N) is 4. The van der Waals surface area contributed by atoms with Crippen molar-refractivity contribution in [1.29, 1.82) is 0 Å². The summed E-state index contributed by atoms with van der Waals surface area (Å²) in [6.07, 6.45) is 10.1. The Balaban J connectivity index is 0.937. The molecule has 33 heteroatoms. The van der Waals surface area contributed by atoms with Crippen molar-refractivity contribution in [1.82, 2.24) is 72.3 Å². The number of nitrogens with two attached hydrogens (primary N) is 4. The van der Waals surface area contributed by atoms with E-state index in [1.165, 1.54) is 64.9 Å². The van der Waals surface area contributed by atoms with Gasteiger partial charge in [0, 0.05) is 104 Å². The minimum absolute atomic E-state index is 0.0279. The predicted molar refractivity (Wildman–Crippen MR) is 448 cm³/mol. The van der Waals surface area contributed by atoms with E-state index in [1.54, 1.807) is 79.1 Å². The molecule has 0 radical (unpaired) electrons.